The molecule has 0 spiro atoms. The van der Waals surface area contributed by atoms with Crippen molar-refractivity contribution in [2.45, 2.75) is 4.90 Å². The minimum absolute atomic E-state index is 0.438. The average molecular weight is 306 g/mol. The molecule has 0 amide bonds. The first-order valence-corrected chi connectivity index (χ1v) is 7.61. The second-order valence-corrected chi connectivity index (χ2v) is 5.67. The third kappa shape index (κ3) is 5.15. The molecule has 0 heterocycles. The van der Waals surface area contributed by atoms with Gasteiger partial charge in [-0.1, -0.05) is 29.8 Å². The van der Waals surface area contributed by atoms with Crippen LogP contribution in [0.4, 0.5) is 5.69 Å². The van der Waals surface area contributed by atoms with Gasteiger partial charge in [0, 0.05) is 21.4 Å². The number of anilines is 1. The Morgan fingerprint density at radius 1 is 1.10 bits per heavy atom. The largest absolute Gasteiger partial charge is 0.370 e. The second-order valence-electron chi connectivity index (χ2n) is 4.06. The van der Waals surface area contributed by atoms with Gasteiger partial charge in [-0.25, -0.2) is 0 Å². The number of para-hydroxylation sites is 1. The molecular formula is C15H16ClN3S. The Morgan fingerprint density at radius 3 is 2.50 bits per heavy atom. The summed E-state index contributed by atoms with van der Waals surface area (Å²) in [6.07, 6.45) is 0. The Kier molecular flexibility index (Phi) is 5.77. The van der Waals surface area contributed by atoms with Crippen LogP contribution in [-0.4, -0.2) is 18.3 Å². The van der Waals surface area contributed by atoms with E-state index in [1.165, 1.54) is 4.90 Å². The van der Waals surface area contributed by atoms with Crippen molar-refractivity contribution in [2.75, 3.05) is 17.6 Å². The Labute approximate surface area is 128 Å². The Hall–Kier alpha value is -1.65. The van der Waals surface area contributed by atoms with E-state index in [-0.39, 0.29) is 0 Å². The molecule has 104 valence electrons. The first-order chi connectivity index (χ1) is 9.74. The van der Waals surface area contributed by atoms with Crippen LogP contribution in [0.15, 0.2) is 64.5 Å². The van der Waals surface area contributed by atoms with E-state index in [1.807, 2.05) is 54.6 Å². The number of thioether (sulfide) groups is 1. The maximum Gasteiger partial charge on any atom is 0.193 e. The normalized spacial score (nSPS) is 11.3. The lowest BCUT2D eigenvalue weighted by Crippen LogP contribution is -2.22. The van der Waals surface area contributed by atoms with Gasteiger partial charge < -0.3 is 11.1 Å². The highest BCUT2D eigenvalue weighted by molar-refractivity contribution is 7.99. The summed E-state index contributed by atoms with van der Waals surface area (Å²) < 4.78 is 0. The van der Waals surface area contributed by atoms with E-state index in [1.54, 1.807) is 11.8 Å². The van der Waals surface area contributed by atoms with Gasteiger partial charge >= 0.3 is 0 Å². The molecule has 0 radical (unpaired) electrons. The van der Waals surface area contributed by atoms with Crippen molar-refractivity contribution in [3.8, 4) is 0 Å². The van der Waals surface area contributed by atoms with E-state index in [4.69, 9.17) is 17.3 Å². The molecule has 0 saturated heterocycles. The third-order valence-corrected chi connectivity index (χ3v) is 3.75. The van der Waals surface area contributed by atoms with Crippen molar-refractivity contribution in [1.29, 1.82) is 0 Å². The van der Waals surface area contributed by atoms with Crippen LogP contribution in [0.3, 0.4) is 0 Å². The molecule has 5 heteroatoms. The summed E-state index contributed by atoms with van der Waals surface area (Å²) in [7, 11) is 0. The molecule has 0 atom stereocenters. The number of rotatable bonds is 5. The molecule has 0 aromatic heterocycles. The lowest BCUT2D eigenvalue weighted by molar-refractivity contribution is 1.13. The third-order valence-electron chi connectivity index (χ3n) is 2.50. The van der Waals surface area contributed by atoms with Gasteiger partial charge in [-0.2, -0.15) is 0 Å². The Bertz CT molecular complexity index is 555. The summed E-state index contributed by atoms with van der Waals surface area (Å²) in [6.45, 7) is 0.666. The highest BCUT2D eigenvalue weighted by Gasteiger charge is 1.95. The molecule has 2 rings (SSSR count). The molecule has 0 bridgehead atoms. The van der Waals surface area contributed by atoms with E-state index >= 15 is 0 Å². The summed E-state index contributed by atoms with van der Waals surface area (Å²) in [4.78, 5) is 5.47. The van der Waals surface area contributed by atoms with Crippen molar-refractivity contribution >= 4 is 35.0 Å². The van der Waals surface area contributed by atoms with E-state index in [0.717, 1.165) is 16.5 Å². The number of hydrogen-bond acceptors (Lipinski definition) is 2. The van der Waals surface area contributed by atoms with E-state index in [9.17, 15) is 0 Å². The van der Waals surface area contributed by atoms with Crippen LogP contribution in [0.1, 0.15) is 0 Å². The highest BCUT2D eigenvalue weighted by atomic mass is 35.5. The second kappa shape index (κ2) is 7.82. The molecular weight excluding hydrogens is 290 g/mol. The van der Waals surface area contributed by atoms with Crippen LogP contribution in [0.5, 0.6) is 0 Å². The average Bonchev–Trinajstić information content (AvgIpc) is 2.46. The zero-order valence-corrected chi connectivity index (χ0v) is 12.5. The summed E-state index contributed by atoms with van der Waals surface area (Å²) in [5.41, 5.74) is 6.76. The lowest BCUT2D eigenvalue weighted by atomic mass is 10.3. The monoisotopic (exact) mass is 305 g/mol. The minimum Gasteiger partial charge on any atom is -0.370 e. The summed E-state index contributed by atoms with van der Waals surface area (Å²) in [5, 5.41) is 3.80. The number of nitrogens with zero attached hydrogens (tertiary/aromatic N) is 1. The number of halogens is 1. The standard InChI is InChI=1S/C15H16ClN3S/c16-12-6-8-14(9-7-12)20-11-10-18-15(17)19-13-4-2-1-3-5-13/h1-9H,10-11H2,(H3,17,18,19). The van der Waals surface area contributed by atoms with Crippen molar-refractivity contribution in [3.05, 3.63) is 59.6 Å². The topological polar surface area (TPSA) is 50.4 Å². The van der Waals surface area contributed by atoms with Crippen molar-refractivity contribution < 1.29 is 0 Å². The number of aliphatic imine (C=N–C) groups is 1. The minimum atomic E-state index is 0.438. The fourth-order valence-electron chi connectivity index (χ4n) is 1.57. The van der Waals surface area contributed by atoms with Gasteiger partial charge in [-0.15, -0.1) is 11.8 Å². The van der Waals surface area contributed by atoms with Crippen LogP contribution in [0, 0.1) is 0 Å². The SMILES string of the molecule is NC(=NCCSc1ccc(Cl)cc1)Nc1ccccc1. The Balaban J connectivity index is 1.74. The molecule has 2 aromatic carbocycles. The quantitative estimate of drug-likeness (QED) is 0.382. The van der Waals surface area contributed by atoms with Gasteiger partial charge in [0.05, 0.1) is 6.54 Å². The van der Waals surface area contributed by atoms with Gasteiger partial charge in [-0.05, 0) is 36.4 Å². The van der Waals surface area contributed by atoms with Crippen LogP contribution < -0.4 is 11.1 Å². The predicted octanol–water partition coefficient (Wildman–Crippen LogP) is 3.86. The first-order valence-electron chi connectivity index (χ1n) is 6.24. The lowest BCUT2D eigenvalue weighted by Gasteiger charge is -2.05. The maximum absolute atomic E-state index is 5.84. The zero-order valence-electron chi connectivity index (χ0n) is 10.9. The molecule has 20 heavy (non-hydrogen) atoms. The van der Waals surface area contributed by atoms with Gasteiger partial charge in [0.1, 0.15) is 0 Å². The smallest absolute Gasteiger partial charge is 0.193 e. The number of benzene rings is 2. The molecule has 0 aliphatic rings. The van der Waals surface area contributed by atoms with Crippen LogP contribution in [-0.2, 0) is 0 Å². The van der Waals surface area contributed by atoms with E-state index < -0.39 is 0 Å². The molecule has 2 aromatic rings. The summed E-state index contributed by atoms with van der Waals surface area (Å²) >= 11 is 7.56. The Morgan fingerprint density at radius 2 is 1.80 bits per heavy atom. The fraction of sp³-hybridized carbons (Fsp3) is 0.133. The number of guanidine groups is 1. The molecule has 0 saturated carbocycles. The summed E-state index contributed by atoms with van der Waals surface area (Å²) in [5.74, 6) is 1.31. The van der Waals surface area contributed by atoms with E-state index in [2.05, 4.69) is 10.3 Å². The maximum atomic E-state index is 5.84. The van der Waals surface area contributed by atoms with Crippen molar-refractivity contribution in [2.24, 2.45) is 10.7 Å². The van der Waals surface area contributed by atoms with Gasteiger partial charge in [-0.3, -0.25) is 4.99 Å². The van der Waals surface area contributed by atoms with Crippen LogP contribution in [0.2, 0.25) is 5.02 Å². The number of nitrogens with one attached hydrogen (secondary N) is 1. The number of nitrogens with two attached hydrogens (primary N) is 1. The van der Waals surface area contributed by atoms with Crippen molar-refractivity contribution in [1.82, 2.24) is 0 Å². The van der Waals surface area contributed by atoms with Gasteiger partial charge in [0.25, 0.3) is 0 Å². The number of hydrogen-bond donors (Lipinski definition) is 2. The van der Waals surface area contributed by atoms with E-state index in [0.29, 0.717) is 12.5 Å². The molecule has 3 N–H and O–H groups in total. The molecule has 3 nitrogen and oxygen atoms in total. The molecule has 0 fully saturated rings. The zero-order chi connectivity index (χ0) is 14.2. The van der Waals surface area contributed by atoms with Crippen LogP contribution >= 0.6 is 23.4 Å². The van der Waals surface area contributed by atoms with Gasteiger partial charge in [0.2, 0.25) is 0 Å². The van der Waals surface area contributed by atoms with Crippen LogP contribution in [0.25, 0.3) is 0 Å². The highest BCUT2D eigenvalue weighted by Crippen LogP contribution is 2.19. The van der Waals surface area contributed by atoms with Gasteiger partial charge in [0.15, 0.2) is 5.96 Å². The summed E-state index contributed by atoms with van der Waals surface area (Å²) in [6, 6.07) is 17.5. The molecule has 0 aliphatic heterocycles. The fourth-order valence-corrected chi connectivity index (χ4v) is 2.44. The molecule has 0 aliphatic carbocycles. The first kappa shape index (κ1) is 14.8. The predicted molar refractivity (Wildman–Crippen MR) is 88.7 cm³/mol. The van der Waals surface area contributed by atoms with Crippen molar-refractivity contribution in [3.63, 3.8) is 0 Å². The molecule has 0 unspecified atom stereocenters.